The lowest BCUT2D eigenvalue weighted by atomic mass is 9.99. The van der Waals surface area contributed by atoms with Gasteiger partial charge in [0.25, 0.3) is 0 Å². The van der Waals surface area contributed by atoms with Crippen molar-refractivity contribution in [1.29, 1.82) is 0 Å². The Morgan fingerprint density at radius 2 is 1.23 bits per heavy atom. The molecular formula is C28H28O19. The van der Waals surface area contributed by atoms with Gasteiger partial charge in [-0.1, -0.05) is 0 Å². The van der Waals surface area contributed by atoms with Gasteiger partial charge in [0, 0.05) is 23.8 Å². The number of benzene rings is 2. The zero-order valence-electron chi connectivity index (χ0n) is 23.8. The summed E-state index contributed by atoms with van der Waals surface area (Å²) < 4.78 is 32.0. The Bertz CT molecular complexity index is 1740. The minimum absolute atomic E-state index is 0.0347. The number of ether oxygens (including phenoxy) is 5. The normalized spacial score (nSPS) is 30.9. The van der Waals surface area contributed by atoms with Crippen LogP contribution >= 0.6 is 0 Å². The van der Waals surface area contributed by atoms with Crippen molar-refractivity contribution in [3.05, 3.63) is 40.6 Å². The smallest absolute Gasteiger partial charge is 0.335 e. The molecule has 3 heterocycles. The number of aliphatic carboxylic acids is 2. The molecule has 47 heavy (non-hydrogen) atoms. The molecule has 10 atom stereocenters. The highest BCUT2D eigenvalue weighted by molar-refractivity contribution is 5.86. The van der Waals surface area contributed by atoms with E-state index in [4.69, 9.17) is 28.1 Å². The number of phenolic OH excluding ortho intramolecular Hbond substituents is 2. The first-order valence-electron chi connectivity index (χ1n) is 13.5. The van der Waals surface area contributed by atoms with E-state index in [0.29, 0.717) is 0 Å². The van der Waals surface area contributed by atoms with E-state index in [2.05, 4.69) is 0 Å². The Morgan fingerprint density at radius 3 is 1.77 bits per heavy atom. The minimum Gasteiger partial charge on any atom is -0.507 e. The predicted octanol–water partition coefficient (Wildman–Crippen LogP) is -2.58. The van der Waals surface area contributed by atoms with Crippen LogP contribution in [0.3, 0.4) is 0 Å². The first-order chi connectivity index (χ1) is 22.1. The maximum atomic E-state index is 13.1. The van der Waals surface area contributed by atoms with Crippen molar-refractivity contribution in [2.24, 2.45) is 0 Å². The molecular weight excluding hydrogens is 640 g/mol. The van der Waals surface area contributed by atoms with Crippen LogP contribution in [0.2, 0.25) is 0 Å². The maximum absolute atomic E-state index is 13.1. The number of carbonyl (C=O) groups is 2. The number of fused-ring (bicyclic) bond motifs is 1. The van der Waals surface area contributed by atoms with Crippen LogP contribution in [-0.4, -0.2) is 132 Å². The molecule has 0 radical (unpaired) electrons. The van der Waals surface area contributed by atoms with Gasteiger partial charge in [-0.3, -0.25) is 4.79 Å². The molecule has 0 saturated carbocycles. The third-order valence-corrected chi connectivity index (χ3v) is 7.45. The Kier molecular flexibility index (Phi) is 9.17. The molecule has 0 amide bonds. The Labute approximate surface area is 261 Å². The van der Waals surface area contributed by atoms with Gasteiger partial charge in [0.05, 0.1) is 7.11 Å². The molecule has 2 aliphatic heterocycles. The summed E-state index contributed by atoms with van der Waals surface area (Å²) in [5.74, 6) is -6.09. The van der Waals surface area contributed by atoms with Gasteiger partial charge in [-0.2, -0.15) is 0 Å². The van der Waals surface area contributed by atoms with Gasteiger partial charge in [-0.25, -0.2) is 9.59 Å². The van der Waals surface area contributed by atoms with Gasteiger partial charge in [0.15, 0.2) is 29.1 Å². The van der Waals surface area contributed by atoms with Crippen molar-refractivity contribution in [3.8, 4) is 40.1 Å². The van der Waals surface area contributed by atoms with Crippen molar-refractivity contribution < 1.29 is 88.8 Å². The number of aromatic hydroxyl groups is 2. The molecule has 19 nitrogen and oxygen atoms in total. The first-order valence-corrected chi connectivity index (χ1v) is 13.5. The van der Waals surface area contributed by atoms with Gasteiger partial charge in [0.1, 0.15) is 64.9 Å². The molecule has 254 valence electrons. The van der Waals surface area contributed by atoms with E-state index in [9.17, 15) is 65.4 Å². The molecule has 2 aromatic carbocycles. The SMILES string of the molecule is COc1cc(-c2cc(=O)c3c(O)cc(O[C@@H]4O[C@H](C(=O)O)[C@@H](O)[C@H](O)[C@H]4O)cc3o2)cc(O[C@@H]2O[C@H](C(=O)O)[C@@H](O)[C@H](O)[C@H]2O)c1O. The summed E-state index contributed by atoms with van der Waals surface area (Å²) in [6.45, 7) is 0. The van der Waals surface area contributed by atoms with Gasteiger partial charge in [-0.15, -0.1) is 0 Å². The number of aliphatic hydroxyl groups is 6. The van der Waals surface area contributed by atoms with Crippen molar-refractivity contribution in [2.75, 3.05) is 7.11 Å². The Hall–Kier alpha value is -4.73. The van der Waals surface area contributed by atoms with Gasteiger partial charge >= 0.3 is 11.9 Å². The number of rotatable bonds is 8. The van der Waals surface area contributed by atoms with Crippen LogP contribution in [-0.2, 0) is 19.1 Å². The number of carboxylic acid groups (broad SMARTS) is 2. The molecule has 2 aliphatic rings. The topological polar surface area (TPSA) is 313 Å². The average Bonchev–Trinajstić information content (AvgIpc) is 3.01. The first kappa shape index (κ1) is 33.6. The molecule has 0 bridgehead atoms. The number of hydrogen-bond acceptors (Lipinski definition) is 17. The van der Waals surface area contributed by atoms with Crippen molar-refractivity contribution in [2.45, 2.75) is 61.4 Å². The van der Waals surface area contributed by atoms with Gasteiger partial charge in [-0.05, 0) is 12.1 Å². The van der Waals surface area contributed by atoms with Crippen molar-refractivity contribution in [3.63, 3.8) is 0 Å². The van der Waals surface area contributed by atoms with E-state index >= 15 is 0 Å². The van der Waals surface area contributed by atoms with Crippen LogP contribution in [0.25, 0.3) is 22.3 Å². The fraction of sp³-hybridized carbons (Fsp3) is 0.393. The van der Waals surface area contributed by atoms with E-state index in [0.717, 1.165) is 31.4 Å². The van der Waals surface area contributed by atoms with Crippen LogP contribution in [0.1, 0.15) is 0 Å². The van der Waals surface area contributed by atoms with E-state index < -0.39 is 96.0 Å². The molecule has 19 heteroatoms. The fourth-order valence-corrected chi connectivity index (χ4v) is 4.98. The predicted molar refractivity (Wildman–Crippen MR) is 148 cm³/mol. The minimum atomic E-state index is -2.02. The fourth-order valence-electron chi connectivity index (χ4n) is 4.98. The molecule has 0 unspecified atom stereocenters. The van der Waals surface area contributed by atoms with E-state index in [1.165, 1.54) is 6.07 Å². The summed E-state index contributed by atoms with van der Waals surface area (Å²) in [5.41, 5.74) is -1.16. The summed E-state index contributed by atoms with van der Waals surface area (Å²) in [5, 5.41) is 100. The van der Waals surface area contributed by atoms with Crippen molar-refractivity contribution in [1.82, 2.24) is 0 Å². The summed E-state index contributed by atoms with van der Waals surface area (Å²) in [7, 11) is 1.15. The average molecular weight is 669 g/mol. The lowest BCUT2D eigenvalue weighted by Crippen LogP contribution is -2.61. The van der Waals surface area contributed by atoms with Crippen LogP contribution < -0.4 is 19.6 Å². The van der Waals surface area contributed by atoms with E-state index in [-0.39, 0.29) is 33.8 Å². The molecule has 0 aliphatic carbocycles. The Morgan fingerprint density at radius 1 is 0.702 bits per heavy atom. The zero-order valence-corrected chi connectivity index (χ0v) is 23.8. The van der Waals surface area contributed by atoms with Gasteiger partial charge in [0.2, 0.25) is 18.3 Å². The highest BCUT2D eigenvalue weighted by Crippen LogP contribution is 2.42. The molecule has 1 aromatic heterocycles. The molecule has 10 N–H and O–H groups in total. The molecule has 3 aromatic rings. The van der Waals surface area contributed by atoms with E-state index in [1.807, 2.05) is 0 Å². The third-order valence-electron chi connectivity index (χ3n) is 7.45. The second-order valence-corrected chi connectivity index (χ2v) is 10.5. The standard InChI is InChI=1S/C28H28O19/c1-42-13-2-7(3-14(16(13)31)45-28-22(37)18(33)20(35)24(47-28)26(40)41)11-6-10(30)15-9(29)4-8(5-12(15)44-11)43-27-21(36)17(32)19(34)23(46-27)25(38)39/h2-6,17-24,27-29,31-37H,1H3,(H,38,39)(H,40,41)/t17-,18-,19-,20-,21+,22+,23-,24-,27+,28+/m0/s1. The highest BCUT2D eigenvalue weighted by Gasteiger charge is 2.49. The number of aliphatic hydroxyl groups excluding tert-OH is 6. The molecule has 0 spiro atoms. The Balaban J connectivity index is 1.51. The second kappa shape index (κ2) is 12.8. The zero-order chi connectivity index (χ0) is 34.5. The van der Waals surface area contributed by atoms with E-state index in [1.54, 1.807) is 0 Å². The van der Waals surface area contributed by atoms with Crippen LogP contribution in [0, 0.1) is 0 Å². The number of hydrogen-bond donors (Lipinski definition) is 10. The summed E-state index contributed by atoms with van der Waals surface area (Å²) in [6.07, 6.45) is -19.7. The van der Waals surface area contributed by atoms with Crippen LogP contribution in [0.4, 0.5) is 0 Å². The van der Waals surface area contributed by atoms with Crippen LogP contribution in [0.15, 0.2) is 39.5 Å². The lowest BCUT2D eigenvalue weighted by molar-refractivity contribution is -0.271. The summed E-state index contributed by atoms with van der Waals surface area (Å²) >= 11 is 0. The monoisotopic (exact) mass is 668 g/mol. The molecule has 2 saturated heterocycles. The maximum Gasteiger partial charge on any atom is 0.335 e. The number of phenols is 2. The highest BCUT2D eigenvalue weighted by atomic mass is 16.7. The summed E-state index contributed by atoms with van der Waals surface area (Å²) in [6, 6.07) is 5.17. The van der Waals surface area contributed by atoms with Crippen LogP contribution in [0.5, 0.6) is 28.7 Å². The second-order valence-electron chi connectivity index (χ2n) is 10.5. The van der Waals surface area contributed by atoms with Crippen molar-refractivity contribution >= 4 is 22.9 Å². The number of methoxy groups -OCH3 is 1. The quantitative estimate of drug-likeness (QED) is 0.118. The number of carboxylic acids is 2. The summed E-state index contributed by atoms with van der Waals surface area (Å²) in [4.78, 5) is 35.9. The molecule has 5 rings (SSSR count). The molecule has 2 fully saturated rings. The lowest BCUT2D eigenvalue weighted by Gasteiger charge is -2.38. The van der Waals surface area contributed by atoms with Gasteiger partial charge < -0.3 is 79.2 Å². The largest absolute Gasteiger partial charge is 0.507 e. The third kappa shape index (κ3) is 6.21.